The van der Waals surface area contributed by atoms with E-state index in [1.165, 1.54) is 32.1 Å². The van der Waals surface area contributed by atoms with Crippen LogP contribution >= 0.6 is 18.5 Å². The van der Waals surface area contributed by atoms with Gasteiger partial charge in [0.25, 0.3) is 0 Å². The molecule has 0 amide bonds. The normalized spacial score (nSPS) is 27.9. The maximum atomic E-state index is 6.16. The van der Waals surface area contributed by atoms with Crippen LogP contribution in [0.25, 0.3) is 0 Å². The van der Waals surface area contributed by atoms with E-state index in [0.29, 0.717) is 5.16 Å². The highest BCUT2D eigenvalue weighted by Gasteiger charge is 2.31. The van der Waals surface area contributed by atoms with Crippen molar-refractivity contribution in [2.75, 3.05) is 6.66 Å². The molecule has 0 radical (unpaired) electrons. The summed E-state index contributed by atoms with van der Waals surface area (Å²) < 4.78 is 0. The zero-order valence-corrected chi connectivity index (χ0v) is 8.51. The molecule has 0 bridgehead atoms. The van der Waals surface area contributed by atoms with Gasteiger partial charge in [-0.2, -0.15) is 0 Å². The van der Waals surface area contributed by atoms with Crippen LogP contribution in [-0.2, 0) is 0 Å². The third-order valence-electron chi connectivity index (χ3n) is 2.67. The minimum Gasteiger partial charge on any atom is -0.0961 e. The predicted octanol–water partition coefficient (Wildman–Crippen LogP) is 3.97. The molecule has 1 aliphatic rings. The fourth-order valence-electron chi connectivity index (χ4n) is 1.62. The lowest BCUT2D eigenvalue weighted by molar-refractivity contribution is 0.417. The first-order valence-electron chi connectivity index (χ1n) is 4.05. The third-order valence-corrected chi connectivity index (χ3v) is 5.83. The summed E-state index contributed by atoms with van der Waals surface area (Å²) >= 11 is 6.16. The summed E-state index contributed by atoms with van der Waals surface area (Å²) in [5.74, 6) is 0. The van der Waals surface area contributed by atoms with E-state index in [4.69, 9.17) is 11.2 Å². The van der Waals surface area contributed by atoms with Crippen LogP contribution in [0.4, 0.5) is 0 Å². The lowest BCUT2D eigenvalue weighted by Gasteiger charge is -2.35. The Bertz CT molecular complexity index is 106. The molecule has 0 saturated heterocycles. The molecule has 0 heterocycles. The molecule has 0 aliphatic heterocycles. The second kappa shape index (κ2) is 3.41. The number of hydrogen-bond donors (Lipinski definition) is 0. The van der Waals surface area contributed by atoms with Gasteiger partial charge in [0.05, 0.1) is 0 Å². The Labute approximate surface area is 69.9 Å². The molecule has 1 fully saturated rings. The van der Waals surface area contributed by atoms with E-state index < -0.39 is 0 Å². The Hall–Kier alpha value is 0.720. The van der Waals surface area contributed by atoms with Gasteiger partial charge in [0.1, 0.15) is 0 Å². The van der Waals surface area contributed by atoms with Crippen LogP contribution in [0.5, 0.6) is 0 Å². The van der Waals surface area contributed by atoms with Gasteiger partial charge in [-0.05, 0) is 26.8 Å². The second-order valence-electron chi connectivity index (χ2n) is 3.53. The SMILES string of the molecule is CP(Cl)C1(C)CCCCC1. The van der Waals surface area contributed by atoms with Crippen molar-refractivity contribution in [3.05, 3.63) is 0 Å². The fraction of sp³-hybridized carbons (Fsp3) is 1.00. The van der Waals surface area contributed by atoms with Crippen LogP contribution in [0.15, 0.2) is 0 Å². The van der Waals surface area contributed by atoms with Crippen LogP contribution in [0.3, 0.4) is 0 Å². The van der Waals surface area contributed by atoms with Crippen molar-refractivity contribution >= 4 is 18.5 Å². The lowest BCUT2D eigenvalue weighted by Crippen LogP contribution is -2.23. The van der Waals surface area contributed by atoms with E-state index in [1.807, 2.05) is 0 Å². The smallest absolute Gasteiger partial charge is 0.00130 e. The zero-order chi connectivity index (χ0) is 7.61. The molecular formula is C8H16ClP. The van der Waals surface area contributed by atoms with Gasteiger partial charge in [-0.15, -0.1) is 0 Å². The van der Waals surface area contributed by atoms with Crippen molar-refractivity contribution in [3.63, 3.8) is 0 Å². The topological polar surface area (TPSA) is 0 Å². The predicted molar refractivity (Wildman–Crippen MR) is 50.2 cm³/mol. The third kappa shape index (κ3) is 1.86. The summed E-state index contributed by atoms with van der Waals surface area (Å²) in [6.07, 6.45) is 6.94. The average molecular weight is 179 g/mol. The minimum absolute atomic E-state index is 0.228. The molecule has 1 aliphatic carbocycles. The number of hydrogen-bond acceptors (Lipinski definition) is 0. The zero-order valence-electron chi connectivity index (χ0n) is 6.86. The van der Waals surface area contributed by atoms with E-state index in [9.17, 15) is 0 Å². The van der Waals surface area contributed by atoms with Crippen LogP contribution < -0.4 is 0 Å². The summed E-state index contributed by atoms with van der Waals surface area (Å²) in [7, 11) is -0.228. The quantitative estimate of drug-likeness (QED) is 0.533. The highest BCUT2D eigenvalue weighted by atomic mass is 35.7. The first kappa shape index (κ1) is 8.81. The lowest BCUT2D eigenvalue weighted by atomic mass is 9.90. The molecule has 0 aromatic carbocycles. The number of rotatable bonds is 1. The Kier molecular flexibility index (Phi) is 3.01. The van der Waals surface area contributed by atoms with E-state index in [1.54, 1.807) is 0 Å². The number of halogens is 1. The van der Waals surface area contributed by atoms with Crippen molar-refractivity contribution in [2.24, 2.45) is 0 Å². The molecule has 60 valence electrons. The van der Waals surface area contributed by atoms with Crippen molar-refractivity contribution in [1.82, 2.24) is 0 Å². The van der Waals surface area contributed by atoms with Crippen molar-refractivity contribution < 1.29 is 0 Å². The maximum absolute atomic E-state index is 6.16. The first-order valence-corrected chi connectivity index (χ1v) is 6.74. The monoisotopic (exact) mass is 178 g/mol. The maximum Gasteiger partial charge on any atom is 0.00130 e. The molecule has 1 rings (SSSR count). The molecule has 0 N–H and O–H groups in total. The van der Waals surface area contributed by atoms with Crippen LogP contribution in [0.2, 0.25) is 0 Å². The summed E-state index contributed by atoms with van der Waals surface area (Å²) in [4.78, 5) is 0. The summed E-state index contributed by atoms with van der Waals surface area (Å²) in [5, 5.41) is 0.509. The van der Waals surface area contributed by atoms with Gasteiger partial charge < -0.3 is 0 Å². The van der Waals surface area contributed by atoms with Crippen LogP contribution in [-0.4, -0.2) is 11.8 Å². The van der Waals surface area contributed by atoms with Gasteiger partial charge in [-0.3, -0.25) is 0 Å². The largest absolute Gasteiger partial charge is 0.0961 e. The average Bonchev–Trinajstić information content (AvgIpc) is 1.89. The summed E-state index contributed by atoms with van der Waals surface area (Å²) in [6, 6.07) is 0. The van der Waals surface area contributed by atoms with Gasteiger partial charge >= 0.3 is 0 Å². The Morgan fingerprint density at radius 3 is 2.00 bits per heavy atom. The minimum atomic E-state index is -0.228. The molecule has 0 aromatic rings. The molecule has 1 unspecified atom stereocenters. The van der Waals surface area contributed by atoms with E-state index >= 15 is 0 Å². The van der Waals surface area contributed by atoms with Gasteiger partial charge in [-0.1, -0.05) is 37.4 Å². The van der Waals surface area contributed by atoms with Crippen molar-refractivity contribution in [3.8, 4) is 0 Å². The van der Waals surface area contributed by atoms with Crippen molar-refractivity contribution in [2.45, 2.75) is 44.2 Å². The molecule has 1 atom stereocenters. The molecular weight excluding hydrogens is 163 g/mol. The first-order chi connectivity index (χ1) is 4.65. The standard InChI is InChI=1S/C8H16ClP/c1-8(10(2)9)6-4-3-5-7-8/h3-7H2,1-2H3. The van der Waals surface area contributed by atoms with Gasteiger partial charge in [0.2, 0.25) is 0 Å². The van der Waals surface area contributed by atoms with Crippen LogP contribution in [0, 0.1) is 0 Å². The Morgan fingerprint density at radius 2 is 1.70 bits per heavy atom. The fourth-order valence-corrected chi connectivity index (χ4v) is 3.06. The van der Waals surface area contributed by atoms with E-state index in [0.717, 1.165) is 0 Å². The highest BCUT2D eigenvalue weighted by molar-refractivity contribution is 7.84. The summed E-state index contributed by atoms with van der Waals surface area (Å²) in [5.41, 5.74) is 0. The summed E-state index contributed by atoms with van der Waals surface area (Å²) in [6.45, 7) is 4.55. The molecule has 2 heteroatoms. The Balaban J connectivity index is 2.48. The van der Waals surface area contributed by atoms with Crippen molar-refractivity contribution in [1.29, 1.82) is 0 Å². The van der Waals surface area contributed by atoms with Gasteiger partial charge in [0, 0.05) is 5.16 Å². The molecule has 0 spiro atoms. The molecule has 10 heavy (non-hydrogen) atoms. The second-order valence-corrected chi connectivity index (χ2v) is 7.09. The Morgan fingerprint density at radius 1 is 1.20 bits per heavy atom. The molecule has 1 saturated carbocycles. The molecule has 0 aromatic heterocycles. The van der Waals surface area contributed by atoms with Gasteiger partial charge in [0.15, 0.2) is 0 Å². The van der Waals surface area contributed by atoms with Crippen LogP contribution in [0.1, 0.15) is 39.0 Å². The van der Waals surface area contributed by atoms with E-state index in [-0.39, 0.29) is 7.27 Å². The molecule has 0 nitrogen and oxygen atoms in total. The van der Waals surface area contributed by atoms with E-state index in [2.05, 4.69) is 13.6 Å². The highest BCUT2D eigenvalue weighted by Crippen LogP contribution is 2.57. The van der Waals surface area contributed by atoms with Gasteiger partial charge in [-0.25, -0.2) is 0 Å².